The Balaban J connectivity index is 2.22. The second-order valence-electron chi connectivity index (χ2n) is 4.16. The first-order chi connectivity index (χ1) is 9.20. The molecule has 0 unspecified atom stereocenters. The van der Waals surface area contributed by atoms with Gasteiger partial charge in [0.1, 0.15) is 0 Å². The van der Waals surface area contributed by atoms with Crippen molar-refractivity contribution >= 4 is 22.8 Å². The number of carbonyl (C=O) groups is 1. The third-order valence-electron chi connectivity index (χ3n) is 2.94. The molecule has 19 heavy (non-hydrogen) atoms. The molecule has 0 atom stereocenters. The summed E-state index contributed by atoms with van der Waals surface area (Å²) < 4.78 is 6.70. The van der Waals surface area contributed by atoms with Crippen LogP contribution < -0.4 is 0 Å². The lowest BCUT2D eigenvalue weighted by molar-refractivity contribution is 0.0602. The minimum atomic E-state index is -0.348. The van der Waals surface area contributed by atoms with Crippen molar-refractivity contribution in [3.05, 3.63) is 47.1 Å². The Morgan fingerprint density at radius 1 is 1.37 bits per heavy atom. The summed E-state index contributed by atoms with van der Waals surface area (Å²) in [7, 11) is 1.38. The van der Waals surface area contributed by atoms with Crippen LogP contribution >= 0.6 is 11.3 Å². The standard InChI is InChI=1S/C14H12N2O2S/c1-9-5-6-12(19-9)13-15-8-11-10(14(17)18-2)4-3-7-16(11)13/h3-8H,1-2H3. The Kier molecular flexibility index (Phi) is 2.83. The Hall–Kier alpha value is -2.14. The van der Waals surface area contributed by atoms with Gasteiger partial charge >= 0.3 is 5.97 Å². The van der Waals surface area contributed by atoms with Gasteiger partial charge in [-0.2, -0.15) is 0 Å². The lowest BCUT2D eigenvalue weighted by Crippen LogP contribution is -2.03. The zero-order valence-electron chi connectivity index (χ0n) is 10.6. The van der Waals surface area contributed by atoms with Crippen molar-refractivity contribution in [3.63, 3.8) is 0 Å². The number of rotatable bonds is 2. The molecule has 0 radical (unpaired) electrons. The number of esters is 1. The van der Waals surface area contributed by atoms with Gasteiger partial charge in [-0.3, -0.25) is 4.40 Å². The molecule has 0 aliphatic heterocycles. The van der Waals surface area contributed by atoms with Crippen LogP contribution in [0.5, 0.6) is 0 Å². The van der Waals surface area contributed by atoms with Crippen molar-refractivity contribution in [2.75, 3.05) is 7.11 Å². The number of aromatic nitrogens is 2. The van der Waals surface area contributed by atoms with E-state index in [2.05, 4.69) is 18.0 Å². The molecule has 3 heterocycles. The molecule has 3 rings (SSSR count). The van der Waals surface area contributed by atoms with Gasteiger partial charge in [0, 0.05) is 11.1 Å². The molecule has 0 amide bonds. The molecule has 0 spiro atoms. The van der Waals surface area contributed by atoms with Crippen LogP contribution in [0.4, 0.5) is 0 Å². The second kappa shape index (κ2) is 4.51. The molecule has 0 aliphatic carbocycles. The van der Waals surface area contributed by atoms with Crippen molar-refractivity contribution in [3.8, 4) is 10.7 Å². The minimum Gasteiger partial charge on any atom is -0.465 e. The van der Waals surface area contributed by atoms with Gasteiger partial charge in [0.15, 0.2) is 5.82 Å². The molecule has 0 bridgehead atoms. The fourth-order valence-electron chi connectivity index (χ4n) is 2.04. The number of thiophene rings is 1. The van der Waals surface area contributed by atoms with E-state index in [9.17, 15) is 4.79 Å². The first-order valence-electron chi connectivity index (χ1n) is 5.82. The second-order valence-corrected chi connectivity index (χ2v) is 5.45. The van der Waals surface area contributed by atoms with Crippen molar-refractivity contribution in [1.29, 1.82) is 0 Å². The van der Waals surface area contributed by atoms with Crippen LogP contribution in [0.15, 0.2) is 36.7 Å². The normalized spacial score (nSPS) is 10.8. The Morgan fingerprint density at radius 3 is 2.89 bits per heavy atom. The number of hydrogen-bond donors (Lipinski definition) is 0. The van der Waals surface area contributed by atoms with Gasteiger partial charge in [-0.05, 0) is 31.2 Å². The van der Waals surface area contributed by atoms with E-state index in [1.807, 2.05) is 22.7 Å². The van der Waals surface area contributed by atoms with Crippen LogP contribution in [-0.2, 0) is 4.74 Å². The maximum Gasteiger partial charge on any atom is 0.340 e. The molecule has 0 saturated carbocycles. The maximum atomic E-state index is 11.7. The molecule has 0 fully saturated rings. The maximum absolute atomic E-state index is 11.7. The summed E-state index contributed by atoms with van der Waals surface area (Å²) in [4.78, 5) is 18.5. The van der Waals surface area contributed by atoms with Crippen LogP contribution in [0, 0.1) is 6.92 Å². The van der Waals surface area contributed by atoms with E-state index in [4.69, 9.17) is 4.74 Å². The molecule has 3 aromatic heterocycles. The zero-order chi connectivity index (χ0) is 13.4. The summed E-state index contributed by atoms with van der Waals surface area (Å²) in [5, 5.41) is 0. The Morgan fingerprint density at radius 2 is 2.21 bits per heavy atom. The van der Waals surface area contributed by atoms with Crippen LogP contribution in [0.25, 0.3) is 16.2 Å². The van der Waals surface area contributed by atoms with Crippen LogP contribution in [0.3, 0.4) is 0 Å². The largest absolute Gasteiger partial charge is 0.465 e. The summed E-state index contributed by atoms with van der Waals surface area (Å²) in [6, 6.07) is 7.67. The molecular formula is C14H12N2O2S. The van der Waals surface area contributed by atoms with E-state index in [-0.39, 0.29) is 5.97 Å². The third-order valence-corrected chi connectivity index (χ3v) is 3.93. The summed E-state index contributed by atoms with van der Waals surface area (Å²) in [5.41, 5.74) is 1.28. The fourth-order valence-corrected chi connectivity index (χ4v) is 2.90. The molecule has 0 aliphatic rings. The van der Waals surface area contributed by atoms with Gasteiger partial charge in [0.2, 0.25) is 0 Å². The molecule has 5 heteroatoms. The topological polar surface area (TPSA) is 43.6 Å². The number of ether oxygens (including phenoxy) is 1. The highest BCUT2D eigenvalue weighted by Gasteiger charge is 2.14. The lowest BCUT2D eigenvalue weighted by Gasteiger charge is -2.03. The molecule has 4 nitrogen and oxygen atoms in total. The van der Waals surface area contributed by atoms with Crippen LogP contribution in [0.2, 0.25) is 0 Å². The van der Waals surface area contributed by atoms with Crippen molar-refractivity contribution in [2.45, 2.75) is 6.92 Å². The highest BCUT2D eigenvalue weighted by Crippen LogP contribution is 2.28. The van der Waals surface area contributed by atoms with Gasteiger partial charge < -0.3 is 4.74 Å². The Labute approximate surface area is 114 Å². The molecule has 0 aromatic carbocycles. The molecule has 96 valence electrons. The highest BCUT2D eigenvalue weighted by atomic mass is 32.1. The average Bonchev–Trinajstić information content (AvgIpc) is 3.03. The Bertz CT molecular complexity index is 758. The number of imidazole rings is 1. The molecule has 0 saturated heterocycles. The van der Waals surface area contributed by atoms with Crippen molar-refractivity contribution in [1.82, 2.24) is 9.38 Å². The summed E-state index contributed by atoms with van der Waals surface area (Å²) in [6.07, 6.45) is 3.61. The smallest absolute Gasteiger partial charge is 0.340 e. The zero-order valence-corrected chi connectivity index (χ0v) is 11.4. The number of methoxy groups -OCH3 is 1. The highest BCUT2D eigenvalue weighted by molar-refractivity contribution is 7.15. The quantitative estimate of drug-likeness (QED) is 0.673. The van der Waals surface area contributed by atoms with Gasteiger partial charge in [-0.15, -0.1) is 11.3 Å². The van der Waals surface area contributed by atoms with E-state index < -0.39 is 0 Å². The van der Waals surface area contributed by atoms with E-state index >= 15 is 0 Å². The summed E-state index contributed by atoms with van der Waals surface area (Å²) in [6.45, 7) is 2.06. The molecule has 3 aromatic rings. The summed E-state index contributed by atoms with van der Waals surface area (Å²) in [5.74, 6) is 0.498. The molecule has 0 N–H and O–H groups in total. The van der Waals surface area contributed by atoms with Crippen LogP contribution in [-0.4, -0.2) is 22.5 Å². The third kappa shape index (κ3) is 1.92. The molecular weight excluding hydrogens is 260 g/mol. The van der Waals surface area contributed by atoms with Gasteiger partial charge in [-0.25, -0.2) is 9.78 Å². The number of fused-ring (bicyclic) bond motifs is 1. The number of nitrogens with zero attached hydrogens (tertiary/aromatic N) is 2. The van der Waals surface area contributed by atoms with E-state index in [0.717, 1.165) is 16.2 Å². The van der Waals surface area contributed by atoms with Gasteiger partial charge in [-0.1, -0.05) is 0 Å². The lowest BCUT2D eigenvalue weighted by atomic mass is 10.2. The number of carbonyl (C=O) groups excluding carboxylic acids is 1. The van der Waals surface area contributed by atoms with Crippen LogP contribution in [0.1, 0.15) is 15.2 Å². The average molecular weight is 272 g/mol. The van der Waals surface area contributed by atoms with E-state index in [1.54, 1.807) is 23.6 Å². The van der Waals surface area contributed by atoms with Gasteiger partial charge in [0.05, 0.1) is 29.3 Å². The first-order valence-corrected chi connectivity index (χ1v) is 6.63. The number of aryl methyl sites for hydroxylation is 1. The first kappa shape index (κ1) is 11.9. The summed E-state index contributed by atoms with van der Waals surface area (Å²) >= 11 is 1.68. The van der Waals surface area contributed by atoms with Crippen molar-refractivity contribution < 1.29 is 9.53 Å². The van der Waals surface area contributed by atoms with Gasteiger partial charge in [0.25, 0.3) is 0 Å². The van der Waals surface area contributed by atoms with E-state index in [1.165, 1.54) is 12.0 Å². The number of pyridine rings is 1. The SMILES string of the molecule is COC(=O)c1cccn2c(-c3ccc(C)s3)ncc12. The van der Waals surface area contributed by atoms with E-state index in [0.29, 0.717) is 5.56 Å². The minimum absolute atomic E-state index is 0.348. The fraction of sp³-hybridized carbons (Fsp3) is 0.143. The predicted molar refractivity (Wildman–Crippen MR) is 74.6 cm³/mol. The monoisotopic (exact) mass is 272 g/mol. The van der Waals surface area contributed by atoms with Crippen molar-refractivity contribution in [2.24, 2.45) is 0 Å². The number of hydrogen-bond acceptors (Lipinski definition) is 4. The predicted octanol–water partition coefficient (Wildman–Crippen LogP) is 3.16.